The predicted octanol–water partition coefficient (Wildman–Crippen LogP) is 2.37. The van der Waals surface area contributed by atoms with Gasteiger partial charge in [0.25, 0.3) is 0 Å². The molecule has 4 nitrogen and oxygen atoms in total. The van der Waals surface area contributed by atoms with E-state index in [1.165, 1.54) is 13.2 Å². The lowest BCUT2D eigenvalue weighted by atomic mass is 9.77. The highest BCUT2D eigenvalue weighted by atomic mass is 16.5. The fourth-order valence-electron chi connectivity index (χ4n) is 2.84. The van der Waals surface area contributed by atoms with E-state index in [0.29, 0.717) is 13.0 Å². The maximum Gasteiger partial charge on any atom is 0.330 e. The van der Waals surface area contributed by atoms with Gasteiger partial charge in [-0.15, -0.1) is 0 Å². The molecule has 1 unspecified atom stereocenters. The van der Waals surface area contributed by atoms with Crippen LogP contribution in [0.2, 0.25) is 0 Å². The standard InChI is InChI=1S/C16H18N2O2/c1-3-9-16(15(19)20-2)14-7-5-4-6-13(14)12(8-10-17)11-18-16/h4-8,18H,3,9,11H2,1-2H3/b12-8+. The van der Waals surface area contributed by atoms with Gasteiger partial charge >= 0.3 is 5.97 Å². The highest BCUT2D eigenvalue weighted by Crippen LogP contribution is 2.37. The first kappa shape index (κ1) is 14.3. The number of benzene rings is 1. The molecule has 0 aromatic heterocycles. The summed E-state index contributed by atoms with van der Waals surface area (Å²) in [5.41, 5.74) is 1.93. The molecule has 0 saturated heterocycles. The fourth-order valence-corrected chi connectivity index (χ4v) is 2.84. The number of carbonyl (C=O) groups excluding carboxylic acids is 1. The summed E-state index contributed by atoms with van der Waals surface area (Å²) in [4.78, 5) is 12.3. The van der Waals surface area contributed by atoms with Crippen LogP contribution in [-0.2, 0) is 15.1 Å². The first-order valence-corrected chi connectivity index (χ1v) is 6.71. The molecule has 104 valence electrons. The smallest absolute Gasteiger partial charge is 0.330 e. The van der Waals surface area contributed by atoms with Crippen molar-refractivity contribution in [3.63, 3.8) is 0 Å². The van der Waals surface area contributed by atoms with Crippen LogP contribution in [0.4, 0.5) is 0 Å². The molecular weight excluding hydrogens is 252 g/mol. The zero-order chi connectivity index (χ0) is 14.6. The van der Waals surface area contributed by atoms with E-state index < -0.39 is 5.54 Å². The lowest BCUT2D eigenvalue weighted by molar-refractivity contribution is -0.149. The van der Waals surface area contributed by atoms with Crippen molar-refractivity contribution in [3.8, 4) is 6.07 Å². The van der Waals surface area contributed by atoms with Gasteiger partial charge in [-0.1, -0.05) is 37.6 Å². The fraction of sp³-hybridized carbons (Fsp3) is 0.375. The minimum Gasteiger partial charge on any atom is -0.467 e. The van der Waals surface area contributed by atoms with Gasteiger partial charge in [0, 0.05) is 12.6 Å². The van der Waals surface area contributed by atoms with E-state index in [0.717, 1.165) is 23.1 Å². The van der Waals surface area contributed by atoms with Crippen LogP contribution in [-0.4, -0.2) is 19.6 Å². The molecule has 0 amide bonds. The molecule has 2 rings (SSSR count). The molecule has 0 aliphatic carbocycles. The molecule has 1 atom stereocenters. The van der Waals surface area contributed by atoms with Crippen LogP contribution in [0.1, 0.15) is 30.9 Å². The average molecular weight is 270 g/mol. The minimum atomic E-state index is -0.813. The Morgan fingerprint density at radius 3 is 2.95 bits per heavy atom. The molecule has 1 heterocycles. The zero-order valence-corrected chi connectivity index (χ0v) is 11.8. The monoisotopic (exact) mass is 270 g/mol. The highest BCUT2D eigenvalue weighted by Gasteiger charge is 2.44. The van der Waals surface area contributed by atoms with Gasteiger partial charge < -0.3 is 4.74 Å². The van der Waals surface area contributed by atoms with Crippen molar-refractivity contribution in [1.29, 1.82) is 5.26 Å². The summed E-state index contributed by atoms with van der Waals surface area (Å²) in [6, 6.07) is 9.77. The second-order valence-corrected chi connectivity index (χ2v) is 4.84. The average Bonchev–Trinajstić information content (AvgIpc) is 2.49. The van der Waals surface area contributed by atoms with Crippen LogP contribution < -0.4 is 5.32 Å². The number of ether oxygens (including phenoxy) is 1. The summed E-state index contributed by atoms with van der Waals surface area (Å²) in [5, 5.41) is 12.2. The Labute approximate surface area is 119 Å². The lowest BCUT2D eigenvalue weighted by Gasteiger charge is -2.38. The van der Waals surface area contributed by atoms with Gasteiger partial charge in [0.15, 0.2) is 0 Å². The molecular formula is C16H18N2O2. The molecule has 0 spiro atoms. The SMILES string of the molecule is CCCC1(C(=O)OC)NC/C(=C\C#N)c2ccccc21. The number of hydrogen-bond donors (Lipinski definition) is 1. The Kier molecular flexibility index (Phi) is 4.21. The van der Waals surface area contributed by atoms with Gasteiger partial charge in [-0.3, -0.25) is 5.32 Å². The molecule has 0 fully saturated rings. The number of nitriles is 1. The quantitative estimate of drug-likeness (QED) is 0.676. The zero-order valence-electron chi connectivity index (χ0n) is 11.8. The van der Waals surface area contributed by atoms with Gasteiger partial charge in [-0.2, -0.15) is 5.26 Å². The predicted molar refractivity (Wildman–Crippen MR) is 76.6 cm³/mol. The number of nitrogens with zero attached hydrogens (tertiary/aromatic N) is 1. The number of nitrogens with one attached hydrogen (secondary N) is 1. The molecule has 1 aliphatic heterocycles. The first-order valence-electron chi connectivity index (χ1n) is 6.71. The number of hydrogen-bond acceptors (Lipinski definition) is 4. The van der Waals surface area contributed by atoms with Crippen LogP contribution in [0.5, 0.6) is 0 Å². The van der Waals surface area contributed by atoms with Gasteiger partial charge in [0.05, 0.1) is 13.2 Å². The Morgan fingerprint density at radius 1 is 1.55 bits per heavy atom. The number of fused-ring (bicyclic) bond motifs is 1. The molecule has 1 aliphatic rings. The van der Waals surface area contributed by atoms with Gasteiger partial charge in [-0.05, 0) is 23.1 Å². The van der Waals surface area contributed by atoms with E-state index >= 15 is 0 Å². The van der Waals surface area contributed by atoms with Crippen molar-refractivity contribution in [1.82, 2.24) is 5.32 Å². The Hall–Kier alpha value is -2.12. The summed E-state index contributed by atoms with van der Waals surface area (Å²) in [7, 11) is 1.41. The Bertz CT molecular complexity index is 586. The van der Waals surface area contributed by atoms with E-state index in [2.05, 4.69) is 11.4 Å². The number of rotatable bonds is 3. The van der Waals surface area contributed by atoms with E-state index in [4.69, 9.17) is 10.00 Å². The van der Waals surface area contributed by atoms with Crippen LogP contribution in [0.15, 0.2) is 30.3 Å². The van der Waals surface area contributed by atoms with Crippen molar-refractivity contribution < 1.29 is 9.53 Å². The topological polar surface area (TPSA) is 62.1 Å². The molecule has 1 aromatic carbocycles. The maximum atomic E-state index is 12.3. The summed E-state index contributed by atoms with van der Waals surface area (Å²) in [6.07, 6.45) is 3.04. The summed E-state index contributed by atoms with van der Waals surface area (Å²) < 4.78 is 5.01. The Balaban J connectivity index is 2.62. The summed E-state index contributed by atoms with van der Waals surface area (Å²) in [6.45, 7) is 2.52. The van der Waals surface area contributed by atoms with E-state index in [1.807, 2.05) is 31.2 Å². The third kappa shape index (κ3) is 2.21. The number of methoxy groups -OCH3 is 1. The second-order valence-electron chi connectivity index (χ2n) is 4.84. The second kappa shape index (κ2) is 5.89. The minimum absolute atomic E-state index is 0.275. The van der Waals surface area contributed by atoms with Crippen molar-refractivity contribution >= 4 is 11.5 Å². The Morgan fingerprint density at radius 2 is 2.30 bits per heavy atom. The lowest BCUT2D eigenvalue weighted by Crippen LogP contribution is -2.53. The molecule has 20 heavy (non-hydrogen) atoms. The number of allylic oxidation sites excluding steroid dienone is 1. The summed E-state index contributed by atoms with van der Waals surface area (Å²) >= 11 is 0. The van der Waals surface area contributed by atoms with Gasteiger partial charge in [0.2, 0.25) is 0 Å². The third-order valence-electron chi connectivity index (χ3n) is 3.71. The molecule has 1 aromatic rings. The van der Waals surface area contributed by atoms with Crippen molar-refractivity contribution in [3.05, 3.63) is 41.5 Å². The van der Waals surface area contributed by atoms with Crippen LogP contribution in [0, 0.1) is 11.3 Å². The molecule has 1 N–H and O–H groups in total. The molecule has 0 saturated carbocycles. The van der Waals surface area contributed by atoms with E-state index in [-0.39, 0.29) is 5.97 Å². The van der Waals surface area contributed by atoms with Crippen molar-refractivity contribution in [2.75, 3.05) is 13.7 Å². The largest absolute Gasteiger partial charge is 0.467 e. The van der Waals surface area contributed by atoms with Gasteiger partial charge in [-0.25, -0.2) is 4.79 Å². The van der Waals surface area contributed by atoms with Crippen molar-refractivity contribution in [2.24, 2.45) is 0 Å². The molecule has 0 bridgehead atoms. The van der Waals surface area contributed by atoms with Crippen LogP contribution in [0.3, 0.4) is 0 Å². The third-order valence-corrected chi connectivity index (χ3v) is 3.71. The number of esters is 1. The maximum absolute atomic E-state index is 12.3. The highest BCUT2D eigenvalue weighted by molar-refractivity contribution is 5.88. The number of carbonyl (C=O) groups is 1. The molecule has 0 radical (unpaired) electrons. The van der Waals surface area contributed by atoms with Crippen LogP contribution >= 0.6 is 0 Å². The van der Waals surface area contributed by atoms with Crippen molar-refractivity contribution in [2.45, 2.75) is 25.3 Å². The molecule has 4 heteroatoms. The summed E-state index contributed by atoms with van der Waals surface area (Å²) in [5.74, 6) is -0.275. The first-order chi connectivity index (χ1) is 9.69. The van der Waals surface area contributed by atoms with E-state index in [9.17, 15) is 4.79 Å². The van der Waals surface area contributed by atoms with E-state index in [1.54, 1.807) is 0 Å². The normalized spacial score (nSPS) is 22.9. The van der Waals surface area contributed by atoms with Gasteiger partial charge in [0.1, 0.15) is 5.54 Å². The van der Waals surface area contributed by atoms with Crippen LogP contribution in [0.25, 0.3) is 5.57 Å².